The summed E-state index contributed by atoms with van der Waals surface area (Å²) in [6.07, 6.45) is 0. The molecule has 1 unspecified atom stereocenters. The van der Waals surface area contributed by atoms with Crippen LogP contribution in [0.3, 0.4) is 0 Å². The normalized spacial score (nSPS) is 13.9. The Bertz CT molecular complexity index is 564. The van der Waals surface area contributed by atoms with Crippen LogP contribution in [0.15, 0.2) is 29.2 Å². The minimum absolute atomic E-state index is 0.0248. The number of aryl methyl sites for hydroxylation is 1. The van der Waals surface area contributed by atoms with Gasteiger partial charge in [-0.1, -0.05) is 52.5 Å². The van der Waals surface area contributed by atoms with Gasteiger partial charge in [-0.15, -0.1) is 0 Å². The summed E-state index contributed by atoms with van der Waals surface area (Å²) in [6.45, 7) is 2.96. The first kappa shape index (κ1) is 16.6. The van der Waals surface area contributed by atoms with Gasteiger partial charge in [-0.25, -0.2) is 8.42 Å². The Hall–Kier alpha value is -0.490. The molecule has 0 aliphatic carbocycles. The zero-order valence-electron chi connectivity index (χ0n) is 10.2. The van der Waals surface area contributed by atoms with E-state index in [0.29, 0.717) is 0 Å². The molecule has 106 valence electrons. The molecule has 1 atom stereocenters. The first-order valence-electron chi connectivity index (χ1n) is 5.19. The Labute approximate surface area is 127 Å². The molecule has 0 spiro atoms. The third-order valence-corrected chi connectivity index (χ3v) is 5.36. The number of benzene rings is 1. The van der Waals surface area contributed by atoms with Crippen molar-refractivity contribution in [3.63, 3.8) is 0 Å². The molecule has 1 amide bonds. The van der Waals surface area contributed by atoms with Crippen LogP contribution in [0.5, 0.6) is 0 Å². The van der Waals surface area contributed by atoms with Gasteiger partial charge in [0.05, 0.1) is 4.90 Å². The van der Waals surface area contributed by atoms with Crippen molar-refractivity contribution >= 4 is 50.5 Å². The fourth-order valence-corrected chi connectivity index (χ4v) is 4.06. The lowest BCUT2D eigenvalue weighted by Gasteiger charge is -2.24. The van der Waals surface area contributed by atoms with Gasteiger partial charge in [-0.2, -0.15) is 0 Å². The fourth-order valence-electron chi connectivity index (χ4n) is 1.38. The zero-order valence-corrected chi connectivity index (χ0v) is 13.2. The molecule has 0 radical (unpaired) electrons. The van der Waals surface area contributed by atoms with Gasteiger partial charge >= 0.3 is 0 Å². The van der Waals surface area contributed by atoms with Crippen molar-refractivity contribution in [3.8, 4) is 0 Å². The van der Waals surface area contributed by atoms with E-state index in [-0.39, 0.29) is 4.90 Å². The van der Waals surface area contributed by atoms with Crippen molar-refractivity contribution in [1.29, 1.82) is 0 Å². The van der Waals surface area contributed by atoms with Crippen LogP contribution in [-0.2, 0) is 14.6 Å². The first-order chi connectivity index (χ1) is 8.55. The van der Waals surface area contributed by atoms with Crippen LogP contribution in [0.25, 0.3) is 0 Å². The quantitative estimate of drug-likeness (QED) is 0.857. The van der Waals surface area contributed by atoms with E-state index in [4.69, 9.17) is 34.8 Å². The summed E-state index contributed by atoms with van der Waals surface area (Å²) in [5.41, 5.74) is 0.893. The average molecular weight is 345 g/mol. The molecule has 0 fully saturated rings. The molecular formula is C11H12Cl3NO3S. The lowest BCUT2D eigenvalue weighted by molar-refractivity contribution is -0.119. The number of hydrogen-bond acceptors (Lipinski definition) is 3. The van der Waals surface area contributed by atoms with Crippen LogP contribution in [0.4, 0.5) is 0 Å². The van der Waals surface area contributed by atoms with Gasteiger partial charge in [-0.3, -0.25) is 4.79 Å². The van der Waals surface area contributed by atoms with E-state index in [1.54, 1.807) is 12.1 Å². The zero-order chi connectivity index (χ0) is 14.8. The third kappa shape index (κ3) is 4.24. The monoisotopic (exact) mass is 343 g/mol. The van der Waals surface area contributed by atoms with Gasteiger partial charge in [0.1, 0.15) is 0 Å². The van der Waals surface area contributed by atoms with E-state index in [1.807, 2.05) is 6.92 Å². The molecule has 19 heavy (non-hydrogen) atoms. The van der Waals surface area contributed by atoms with Crippen molar-refractivity contribution in [2.45, 2.75) is 27.9 Å². The van der Waals surface area contributed by atoms with E-state index in [1.165, 1.54) is 12.1 Å². The topological polar surface area (TPSA) is 63.2 Å². The standard InChI is InChI=1S/C11H12Cl3NO3S/c1-7-3-5-9(6-4-7)19(17,18)10(11(12,13)14)15-8(2)16/h3-6,10H,1-2H3,(H,15,16). The second-order valence-corrected chi connectivity index (χ2v) is 8.38. The smallest absolute Gasteiger partial charge is 0.225 e. The number of carbonyl (C=O) groups excluding carboxylic acids is 1. The number of halogens is 3. The molecule has 1 rings (SSSR count). The number of rotatable bonds is 3. The minimum atomic E-state index is -4.00. The Kier molecular flexibility index (Phi) is 5.12. The van der Waals surface area contributed by atoms with Gasteiger partial charge in [0.15, 0.2) is 5.37 Å². The predicted molar refractivity (Wildman–Crippen MR) is 76.3 cm³/mol. The van der Waals surface area contributed by atoms with Gasteiger partial charge in [-0.05, 0) is 19.1 Å². The number of alkyl halides is 3. The second-order valence-electron chi connectivity index (χ2n) is 3.98. The van der Waals surface area contributed by atoms with Crippen molar-refractivity contribution < 1.29 is 13.2 Å². The maximum Gasteiger partial charge on any atom is 0.225 e. The molecule has 1 aromatic rings. The highest BCUT2D eigenvalue weighted by Crippen LogP contribution is 2.35. The van der Waals surface area contributed by atoms with E-state index < -0.39 is 24.9 Å². The lowest BCUT2D eigenvalue weighted by atomic mass is 10.2. The summed E-state index contributed by atoms with van der Waals surface area (Å²) in [5, 5.41) is 0.503. The first-order valence-corrected chi connectivity index (χ1v) is 7.87. The maximum atomic E-state index is 12.4. The summed E-state index contributed by atoms with van der Waals surface area (Å²) in [7, 11) is -4.00. The second kappa shape index (κ2) is 5.87. The molecule has 1 aromatic carbocycles. The predicted octanol–water partition coefficient (Wildman–Crippen LogP) is 2.60. The summed E-state index contributed by atoms with van der Waals surface area (Å²) in [6, 6.07) is 6.04. The third-order valence-electron chi connectivity index (χ3n) is 2.29. The number of nitrogens with one attached hydrogen (secondary N) is 1. The number of hydrogen-bond donors (Lipinski definition) is 1. The van der Waals surface area contributed by atoms with Crippen LogP contribution in [-0.4, -0.2) is 23.5 Å². The highest BCUT2D eigenvalue weighted by molar-refractivity contribution is 7.92. The molecule has 8 heteroatoms. The van der Waals surface area contributed by atoms with E-state index in [2.05, 4.69) is 5.32 Å². The molecule has 0 saturated carbocycles. The van der Waals surface area contributed by atoms with Crippen molar-refractivity contribution in [2.75, 3.05) is 0 Å². The van der Waals surface area contributed by atoms with Crippen molar-refractivity contribution in [1.82, 2.24) is 5.32 Å². The summed E-state index contributed by atoms with van der Waals surface area (Å²) in [5.74, 6) is -0.605. The van der Waals surface area contributed by atoms with E-state index >= 15 is 0 Å². The van der Waals surface area contributed by atoms with Gasteiger partial charge in [0.25, 0.3) is 0 Å². The Balaban J connectivity index is 3.27. The largest absolute Gasteiger partial charge is 0.336 e. The Morgan fingerprint density at radius 3 is 2.05 bits per heavy atom. The van der Waals surface area contributed by atoms with Gasteiger partial charge < -0.3 is 5.32 Å². The summed E-state index contributed by atoms with van der Waals surface area (Å²) >= 11 is 16.9. The van der Waals surface area contributed by atoms with Crippen LogP contribution in [0.2, 0.25) is 0 Å². The molecule has 0 bridgehead atoms. The average Bonchev–Trinajstić information content (AvgIpc) is 2.24. The van der Waals surface area contributed by atoms with Crippen LogP contribution in [0.1, 0.15) is 12.5 Å². The highest BCUT2D eigenvalue weighted by atomic mass is 35.6. The molecule has 0 saturated heterocycles. The van der Waals surface area contributed by atoms with E-state index in [0.717, 1.165) is 12.5 Å². The Morgan fingerprint density at radius 2 is 1.68 bits per heavy atom. The van der Waals surface area contributed by atoms with E-state index in [9.17, 15) is 13.2 Å². The molecule has 0 heterocycles. The molecular weight excluding hydrogens is 333 g/mol. The maximum absolute atomic E-state index is 12.4. The molecule has 1 N–H and O–H groups in total. The molecule has 0 aliphatic rings. The van der Waals surface area contributed by atoms with Crippen molar-refractivity contribution in [2.24, 2.45) is 0 Å². The number of carbonyl (C=O) groups is 1. The summed E-state index contributed by atoms with van der Waals surface area (Å²) in [4.78, 5) is 11.1. The van der Waals surface area contributed by atoms with Crippen molar-refractivity contribution in [3.05, 3.63) is 29.8 Å². The van der Waals surface area contributed by atoms with Crippen LogP contribution >= 0.6 is 34.8 Å². The van der Waals surface area contributed by atoms with Crippen LogP contribution < -0.4 is 5.32 Å². The fraction of sp³-hybridized carbons (Fsp3) is 0.364. The molecule has 0 aliphatic heterocycles. The number of sulfone groups is 1. The van der Waals surface area contributed by atoms with Crippen LogP contribution in [0, 0.1) is 6.92 Å². The van der Waals surface area contributed by atoms with Gasteiger partial charge in [0, 0.05) is 6.92 Å². The molecule has 4 nitrogen and oxygen atoms in total. The minimum Gasteiger partial charge on any atom is -0.336 e. The lowest BCUT2D eigenvalue weighted by Crippen LogP contribution is -2.48. The summed E-state index contributed by atoms with van der Waals surface area (Å²) < 4.78 is 22.5. The van der Waals surface area contributed by atoms with Gasteiger partial charge in [0.2, 0.25) is 19.5 Å². The SMILES string of the molecule is CC(=O)NC(C(Cl)(Cl)Cl)S(=O)(=O)c1ccc(C)cc1. The number of amides is 1. The highest BCUT2D eigenvalue weighted by Gasteiger charge is 2.44. The Morgan fingerprint density at radius 1 is 1.21 bits per heavy atom. The molecule has 0 aromatic heterocycles.